The molecule has 3 aromatic rings. The second kappa shape index (κ2) is 8.48. The minimum atomic E-state index is -0.441. The molecule has 0 bridgehead atoms. The van der Waals surface area contributed by atoms with Crippen molar-refractivity contribution in [3.63, 3.8) is 0 Å². The van der Waals surface area contributed by atoms with Gasteiger partial charge in [-0.1, -0.05) is 12.1 Å². The zero-order valence-corrected chi connectivity index (χ0v) is 16.5. The van der Waals surface area contributed by atoms with Crippen molar-refractivity contribution in [2.45, 2.75) is 30.7 Å². The smallest absolute Gasteiger partial charge is 0.269 e. The molecular weight excluding hydrogens is 388 g/mol. The Morgan fingerprint density at radius 2 is 1.90 bits per heavy atom. The van der Waals surface area contributed by atoms with E-state index in [9.17, 15) is 14.9 Å². The average molecular weight is 408 g/mol. The number of nitro groups is 1. The summed E-state index contributed by atoms with van der Waals surface area (Å²) in [5, 5.41) is 13.6. The van der Waals surface area contributed by atoms with Crippen LogP contribution in [-0.4, -0.2) is 26.1 Å². The summed E-state index contributed by atoms with van der Waals surface area (Å²) in [7, 11) is 0. The van der Waals surface area contributed by atoms with Crippen LogP contribution < -0.4 is 5.32 Å². The highest BCUT2D eigenvalue weighted by Crippen LogP contribution is 2.25. The van der Waals surface area contributed by atoms with E-state index in [1.54, 1.807) is 12.1 Å². The predicted molar refractivity (Wildman–Crippen MR) is 113 cm³/mol. The van der Waals surface area contributed by atoms with Crippen LogP contribution in [0.25, 0.3) is 11.3 Å². The molecule has 0 aliphatic carbocycles. The van der Waals surface area contributed by atoms with Gasteiger partial charge in [0.15, 0.2) is 0 Å². The zero-order chi connectivity index (χ0) is 20.2. The molecule has 0 spiro atoms. The fourth-order valence-electron chi connectivity index (χ4n) is 3.29. The van der Waals surface area contributed by atoms with E-state index >= 15 is 0 Å². The van der Waals surface area contributed by atoms with E-state index in [1.807, 2.05) is 24.3 Å². The molecule has 2 aromatic carbocycles. The van der Waals surface area contributed by atoms with Gasteiger partial charge in [-0.05, 0) is 37.1 Å². The molecule has 0 saturated heterocycles. The lowest BCUT2D eigenvalue weighted by Gasteiger charge is -2.11. The van der Waals surface area contributed by atoms with Crippen molar-refractivity contribution in [1.82, 2.24) is 9.55 Å². The highest BCUT2D eigenvalue weighted by atomic mass is 32.2. The van der Waals surface area contributed by atoms with Gasteiger partial charge in [-0.3, -0.25) is 14.9 Å². The monoisotopic (exact) mass is 408 g/mol. The predicted octanol–water partition coefficient (Wildman–Crippen LogP) is 4.53. The molecule has 29 heavy (non-hydrogen) atoms. The number of anilines is 1. The number of carbonyl (C=O) groups is 1. The SMILES string of the molecule is O=C(CSc1ccc([N+](=O)[O-])cc1)Nc1ccc(-c2cn3c(n2)CCCC3)cc1. The lowest BCUT2D eigenvalue weighted by atomic mass is 10.1. The number of aromatic nitrogens is 2. The maximum Gasteiger partial charge on any atom is 0.269 e. The van der Waals surface area contributed by atoms with Gasteiger partial charge >= 0.3 is 0 Å². The Labute approximate surface area is 172 Å². The van der Waals surface area contributed by atoms with Crippen LogP contribution in [0.3, 0.4) is 0 Å². The fraction of sp³-hybridized carbons (Fsp3) is 0.238. The van der Waals surface area contributed by atoms with Crippen molar-refractivity contribution in [2.24, 2.45) is 0 Å². The Kier molecular flexibility index (Phi) is 5.62. The quantitative estimate of drug-likeness (QED) is 0.368. The first-order valence-corrected chi connectivity index (χ1v) is 10.4. The van der Waals surface area contributed by atoms with Crippen molar-refractivity contribution in [1.29, 1.82) is 0 Å². The summed E-state index contributed by atoms with van der Waals surface area (Å²) in [5.41, 5.74) is 2.77. The minimum Gasteiger partial charge on any atom is -0.334 e. The van der Waals surface area contributed by atoms with E-state index in [2.05, 4.69) is 16.1 Å². The summed E-state index contributed by atoms with van der Waals surface area (Å²) in [6, 6.07) is 13.9. The lowest BCUT2D eigenvalue weighted by Crippen LogP contribution is -2.13. The first kappa shape index (κ1) is 19.2. The molecule has 0 unspecified atom stereocenters. The Bertz CT molecular complexity index is 1010. The Balaban J connectivity index is 1.33. The summed E-state index contributed by atoms with van der Waals surface area (Å²) >= 11 is 1.34. The summed E-state index contributed by atoms with van der Waals surface area (Å²) in [6.07, 6.45) is 5.52. The number of fused-ring (bicyclic) bond motifs is 1. The van der Waals surface area contributed by atoms with Gasteiger partial charge in [0.25, 0.3) is 5.69 Å². The highest BCUT2D eigenvalue weighted by molar-refractivity contribution is 8.00. The number of nitrogens with zero attached hydrogens (tertiary/aromatic N) is 3. The van der Waals surface area contributed by atoms with Crippen LogP contribution in [0.4, 0.5) is 11.4 Å². The number of benzene rings is 2. The van der Waals surface area contributed by atoms with Gasteiger partial charge in [-0.2, -0.15) is 0 Å². The van der Waals surface area contributed by atoms with Crippen LogP contribution >= 0.6 is 11.8 Å². The van der Waals surface area contributed by atoms with E-state index in [1.165, 1.54) is 36.7 Å². The van der Waals surface area contributed by atoms with Gasteiger partial charge in [0.2, 0.25) is 5.91 Å². The van der Waals surface area contributed by atoms with Crippen LogP contribution in [0.15, 0.2) is 59.6 Å². The third-order valence-electron chi connectivity index (χ3n) is 4.79. The second-order valence-corrected chi connectivity index (χ2v) is 7.91. The number of rotatable bonds is 6. The van der Waals surface area contributed by atoms with Crippen LogP contribution in [0.5, 0.6) is 0 Å². The first-order valence-electron chi connectivity index (χ1n) is 9.42. The van der Waals surface area contributed by atoms with E-state index < -0.39 is 4.92 Å². The van der Waals surface area contributed by atoms with E-state index in [0.717, 1.165) is 40.6 Å². The topological polar surface area (TPSA) is 90.1 Å². The minimum absolute atomic E-state index is 0.0393. The van der Waals surface area contributed by atoms with Gasteiger partial charge in [0.05, 0.1) is 16.4 Å². The normalized spacial score (nSPS) is 13.0. The van der Waals surface area contributed by atoms with Gasteiger partial charge < -0.3 is 9.88 Å². The van der Waals surface area contributed by atoms with Crippen LogP contribution in [0.1, 0.15) is 18.7 Å². The van der Waals surface area contributed by atoms with E-state index in [-0.39, 0.29) is 17.3 Å². The van der Waals surface area contributed by atoms with Crippen molar-refractivity contribution < 1.29 is 9.72 Å². The Morgan fingerprint density at radius 1 is 1.14 bits per heavy atom. The molecule has 7 nitrogen and oxygen atoms in total. The number of imidazole rings is 1. The maximum atomic E-state index is 12.2. The molecule has 0 atom stereocenters. The van der Waals surface area contributed by atoms with E-state index in [4.69, 9.17) is 4.98 Å². The first-order chi connectivity index (χ1) is 14.1. The number of nitrogens with one attached hydrogen (secondary N) is 1. The zero-order valence-electron chi connectivity index (χ0n) is 15.7. The van der Waals surface area contributed by atoms with Crippen molar-refractivity contribution in [3.05, 3.63) is 70.7 Å². The third-order valence-corrected chi connectivity index (χ3v) is 5.80. The highest BCUT2D eigenvalue weighted by Gasteiger charge is 2.13. The molecule has 148 valence electrons. The van der Waals surface area contributed by atoms with Crippen molar-refractivity contribution in [3.8, 4) is 11.3 Å². The molecule has 0 radical (unpaired) electrons. The van der Waals surface area contributed by atoms with Crippen molar-refractivity contribution >= 4 is 29.0 Å². The van der Waals surface area contributed by atoms with Gasteiger partial charge in [-0.25, -0.2) is 4.98 Å². The fourth-order valence-corrected chi connectivity index (χ4v) is 3.98. The maximum absolute atomic E-state index is 12.2. The number of amides is 1. The van der Waals surface area contributed by atoms with Crippen LogP contribution in [-0.2, 0) is 17.8 Å². The number of carbonyl (C=O) groups excluding carboxylic acids is 1. The van der Waals surface area contributed by atoms with E-state index in [0.29, 0.717) is 0 Å². The molecule has 4 rings (SSSR count). The summed E-state index contributed by atoms with van der Waals surface area (Å²) in [4.78, 5) is 28.0. The lowest BCUT2D eigenvalue weighted by molar-refractivity contribution is -0.384. The molecular formula is C21H20N4O3S. The number of hydrogen-bond donors (Lipinski definition) is 1. The average Bonchev–Trinajstić information content (AvgIpc) is 3.17. The number of thioether (sulfide) groups is 1. The van der Waals surface area contributed by atoms with Gasteiger partial charge in [-0.15, -0.1) is 11.8 Å². The molecule has 1 N–H and O–H groups in total. The van der Waals surface area contributed by atoms with Crippen molar-refractivity contribution in [2.75, 3.05) is 11.1 Å². The molecule has 1 amide bonds. The molecule has 1 aromatic heterocycles. The Hall–Kier alpha value is -3.13. The summed E-state index contributed by atoms with van der Waals surface area (Å²) in [5.74, 6) is 1.25. The summed E-state index contributed by atoms with van der Waals surface area (Å²) in [6.45, 7) is 1.03. The molecule has 0 fully saturated rings. The molecule has 8 heteroatoms. The number of hydrogen-bond acceptors (Lipinski definition) is 5. The Morgan fingerprint density at radius 3 is 2.59 bits per heavy atom. The number of aryl methyl sites for hydroxylation is 2. The van der Waals surface area contributed by atoms with Crippen LogP contribution in [0.2, 0.25) is 0 Å². The van der Waals surface area contributed by atoms with Gasteiger partial charge in [0.1, 0.15) is 5.82 Å². The molecule has 1 aliphatic rings. The standard InChI is InChI=1S/C21H20N4O3S/c26-21(14-29-18-10-8-17(9-11-18)25(27)28)22-16-6-4-15(5-7-16)19-13-24-12-2-1-3-20(24)23-19/h4-11,13H,1-3,12,14H2,(H,22,26). The number of nitro benzene ring substituents is 1. The largest absolute Gasteiger partial charge is 0.334 e. The third kappa shape index (κ3) is 4.65. The second-order valence-electron chi connectivity index (χ2n) is 6.86. The van der Waals surface area contributed by atoms with Gasteiger partial charge in [0, 0.05) is 47.4 Å². The molecule has 2 heterocycles. The number of non-ortho nitro benzene ring substituents is 1. The van der Waals surface area contributed by atoms with Crippen LogP contribution in [0, 0.1) is 10.1 Å². The summed E-state index contributed by atoms with van der Waals surface area (Å²) < 4.78 is 2.23. The molecule has 1 aliphatic heterocycles. The molecule has 0 saturated carbocycles.